The normalized spacial score (nSPS) is 10.1. The number of carbonyl (C=O) groups is 2. The maximum Gasteiger partial charge on any atom is 0.254 e. The molecule has 0 fully saturated rings. The summed E-state index contributed by atoms with van der Waals surface area (Å²) in [6.45, 7) is -0.427. The van der Waals surface area contributed by atoms with Crippen molar-refractivity contribution >= 4 is 17.5 Å². The molecule has 0 unspecified atom stereocenters. The van der Waals surface area contributed by atoms with E-state index >= 15 is 0 Å². The molecule has 0 aromatic heterocycles. The molecule has 2 aromatic carbocycles. The lowest BCUT2D eigenvalue weighted by Gasteiger charge is -2.08. The lowest BCUT2D eigenvalue weighted by molar-refractivity contribution is -0.115. The van der Waals surface area contributed by atoms with Crippen molar-refractivity contribution in [2.75, 3.05) is 11.9 Å². The third-order valence-corrected chi connectivity index (χ3v) is 2.76. The highest BCUT2D eigenvalue weighted by atomic mass is 19.1. The fourth-order valence-electron chi connectivity index (χ4n) is 1.70. The maximum absolute atomic E-state index is 13.4. The number of benzene rings is 2. The van der Waals surface area contributed by atoms with Crippen LogP contribution in [0.5, 0.6) is 5.75 Å². The van der Waals surface area contributed by atoms with E-state index in [-0.39, 0.29) is 17.0 Å². The molecule has 0 aliphatic heterocycles. The monoisotopic (exact) mass is 306 g/mol. The molecule has 0 aliphatic carbocycles. The van der Waals surface area contributed by atoms with Gasteiger partial charge in [0.25, 0.3) is 5.91 Å². The quantitative estimate of drug-likeness (QED) is 0.756. The Morgan fingerprint density at radius 3 is 2.50 bits per heavy atom. The Balaban J connectivity index is 1.93. The highest BCUT2D eigenvalue weighted by Crippen LogP contribution is 2.21. The fraction of sp³-hybridized carbons (Fsp3) is 0.0667. The van der Waals surface area contributed by atoms with Crippen LogP contribution >= 0.6 is 0 Å². The Morgan fingerprint density at radius 2 is 1.82 bits per heavy atom. The Labute approximate surface area is 124 Å². The summed E-state index contributed by atoms with van der Waals surface area (Å²) in [6, 6.07) is 8.58. The van der Waals surface area contributed by atoms with Gasteiger partial charge in [0, 0.05) is 6.07 Å². The smallest absolute Gasteiger partial charge is 0.254 e. The Morgan fingerprint density at radius 1 is 1.09 bits per heavy atom. The Kier molecular flexibility index (Phi) is 4.67. The van der Waals surface area contributed by atoms with Crippen molar-refractivity contribution in [1.29, 1.82) is 0 Å². The number of hydrogen-bond acceptors (Lipinski definition) is 3. The molecular weight excluding hydrogens is 294 g/mol. The number of carbonyl (C=O) groups excluding carboxylic acids is 2. The molecule has 0 saturated heterocycles. The number of anilines is 1. The molecule has 0 atom stereocenters. The fourth-order valence-corrected chi connectivity index (χ4v) is 1.70. The number of phenols is 1. The topological polar surface area (TPSA) is 78.4 Å². The summed E-state index contributed by atoms with van der Waals surface area (Å²) in [7, 11) is 0. The van der Waals surface area contributed by atoms with Crippen molar-refractivity contribution < 1.29 is 23.5 Å². The zero-order valence-electron chi connectivity index (χ0n) is 11.3. The SMILES string of the molecule is O=C(CNC(=O)c1ccc(F)cc1F)Nc1ccccc1O. The van der Waals surface area contributed by atoms with Crippen LogP contribution in [0.1, 0.15) is 10.4 Å². The molecule has 2 rings (SSSR count). The lowest BCUT2D eigenvalue weighted by Crippen LogP contribution is -2.33. The van der Waals surface area contributed by atoms with Gasteiger partial charge in [-0.1, -0.05) is 12.1 Å². The predicted octanol–water partition coefficient (Wildman–Crippen LogP) is 2.04. The van der Waals surface area contributed by atoms with E-state index in [1.165, 1.54) is 12.1 Å². The van der Waals surface area contributed by atoms with Crippen LogP contribution in [0, 0.1) is 11.6 Å². The van der Waals surface area contributed by atoms with Gasteiger partial charge in [-0.05, 0) is 24.3 Å². The number of phenolic OH excluding ortho intramolecular Hbond substituents is 1. The number of nitrogens with one attached hydrogen (secondary N) is 2. The highest BCUT2D eigenvalue weighted by molar-refractivity contribution is 5.99. The van der Waals surface area contributed by atoms with Gasteiger partial charge in [-0.2, -0.15) is 0 Å². The summed E-state index contributed by atoms with van der Waals surface area (Å²) in [5, 5.41) is 14.1. The van der Waals surface area contributed by atoms with Gasteiger partial charge >= 0.3 is 0 Å². The van der Waals surface area contributed by atoms with Crippen molar-refractivity contribution in [2.45, 2.75) is 0 Å². The molecule has 0 aliphatic rings. The molecule has 0 bridgehead atoms. The first-order valence-corrected chi connectivity index (χ1v) is 6.28. The summed E-state index contributed by atoms with van der Waals surface area (Å²) in [5.74, 6) is -3.38. The van der Waals surface area contributed by atoms with Gasteiger partial charge < -0.3 is 15.7 Å². The number of hydrogen-bond donors (Lipinski definition) is 3. The standard InChI is InChI=1S/C15H12F2N2O3/c16-9-5-6-10(11(17)7-9)15(22)18-8-14(21)19-12-3-1-2-4-13(12)20/h1-7,20H,8H2,(H,18,22)(H,19,21). The van der Waals surface area contributed by atoms with Crippen molar-refractivity contribution in [1.82, 2.24) is 5.32 Å². The van der Waals surface area contributed by atoms with Crippen LogP contribution in [0.2, 0.25) is 0 Å². The summed E-state index contributed by atoms with van der Waals surface area (Å²) >= 11 is 0. The van der Waals surface area contributed by atoms with E-state index in [1.54, 1.807) is 12.1 Å². The van der Waals surface area contributed by atoms with E-state index in [9.17, 15) is 23.5 Å². The molecule has 22 heavy (non-hydrogen) atoms. The van der Waals surface area contributed by atoms with Gasteiger partial charge in [0.2, 0.25) is 5.91 Å². The Hall–Kier alpha value is -2.96. The molecule has 2 aromatic rings. The molecule has 3 N–H and O–H groups in total. The minimum atomic E-state index is -1.02. The molecule has 7 heteroatoms. The van der Waals surface area contributed by atoms with Crippen LogP contribution in [0.4, 0.5) is 14.5 Å². The summed E-state index contributed by atoms with van der Waals surface area (Å²) in [4.78, 5) is 23.3. The molecule has 0 spiro atoms. The molecule has 0 saturated carbocycles. The van der Waals surface area contributed by atoms with E-state index in [1.807, 2.05) is 0 Å². The van der Waals surface area contributed by atoms with Crippen LogP contribution in [0.3, 0.4) is 0 Å². The predicted molar refractivity (Wildman–Crippen MR) is 75.4 cm³/mol. The molecule has 114 valence electrons. The molecule has 2 amide bonds. The van der Waals surface area contributed by atoms with Crippen molar-refractivity contribution in [2.24, 2.45) is 0 Å². The minimum absolute atomic E-state index is 0.119. The summed E-state index contributed by atoms with van der Waals surface area (Å²) < 4.78 is 26.1. The first-order valence-electron chi connectivity index (χ1n) is 6.28. The summed E-state index contributed by atoms with van der Waals surface area (Å²) in [5.41, 5.74) is -0.175. The molecule has 0 radical (unpaired) electrons. The lowest BCUT2D eigenvalue weighted by atomic mass is 10.2. The van der Waals surface area contributed by atoms with E-state index in [2.05, 4.69) is 10.6 Å². The second kappa shape index (κ2) is 6.66. The van der Waals surface area contributed by atoms with E-state index < -0.39 is 30.0 Å². The van der Waals surface area contributed by atoms with E-state index in [0.29, 0.717) is 6.07 Å². The molecular formula is C15H12F2N2O3. The van der Waals surface area contributed by atoms with Crippen molar-refractivity contribution in [3.63, 3.8) is 0 Å². The number of amides is 2. The van der Waals surface area contributed by atoms with Crippen LogP contribution in [0.25, 0.3) is 0 Å². The first-order chi connectivity index (χ1) is 10.5. The highest BCUT2D eigenvalue weighted by Gasteiger charge is 2.14. The average molecular weight is 306 g/mol. The average Bonchev–Trinajstić information content (AvgIpc) is 2.47. The van der Waals surface area contributed by atoms with Crippen LogP contribution in [0.15, 0.2) is 42.5 Å². The van der Waals surface area contributed by atoms with Gasteiger partial charge in [-0.25, -0.2) is 8.78 Å². The van der Waals surface area contributed by atoms with E-state index in [4.69, 9.17) is 0 Å². The molecule has 0 heterocycles. The van der Waals surface area contributed by atoms with E-state index in [0.717, 1.165) is 12.1 Å². The minimum Gasteiger partial charge on any atom is -0.506 e. The molecule has 5 nitrogen and oxygen atoms in total. The number of aromatic hydroxyl groups is 1. The third kappa shape index (κ3) is 3.78. The summed E-state index contributed by atoms with van der Waals surface area (Å²) in [6.07, 6.45) is 0. The van der Waals surface area contributed by atoms with Crippen molar-refractivity contribution in [3.05, 3.63) is 59.7 Å². The first kappa shape index (κ1) is 15.4. The maximum atomic E-state index is 13.4. The van der Waals surface area contributed by atoms with Crippen LogP contribution in [-0.2, 0) is 4.79 Å². The Bertz CT molecular complexity index is 720. The number of para-hydroxylation sites is 2. The van der Waals surface area contributed by atoms with Gasteiger partial charge in [0.1, 0.15) is 17.4 Å². The second-order valence-corrected chi connectivity index (χ2v) is 4.37. The second-order valence-electron chi connectivity index (χ2n) is 4.37. The van der Waals surface area contributed by atoms with Crippen LogP contribution < -0.4 is 10.6 Å². The largest absolute Gasteiger partial charge is 0.506 e. The van der Waals surface area contributed by atoms with Crippen LogP contribution in [-0.4, -0.2) is 23.5 Å². The zero-order valence-corrected chi connectivity index (χ0v) is 11.3. The van der Waals surface area contributed by atoms with Crippen molar-refractivity contribution in [3.8, 4) is 5.75 Å². The van der Waals surface area contributed by atoms with Gasteiger partial charge in [-0.15, -0.1) is 0 Å². The zero-order chi connectivity index (χ0) is 16.1. The van der Waals surface area contributed by atoms with Gasteiger partial charge in [0.15, 0.2) is 0 Å². The number of rotatable bonds is 4. The number of halogens is 2. The van der Waals surface area contributed by atoms with Gasteiger partial charge in [0.05, 0.1) is 17.8 Å². The van der Waals surface area contributed by atoms with Gasteiger partial charge in [-0.3, -0.25) is 9.59 Å². The third-order valence-electron chi connectivity index (χ3n) is 2.76.